The Labute approximate surface area is 99.4 Å². The minimum atomic E-state index is 0.279. The number of nitrogens with one attached hydrogen (secondary N) is 1. The summed E-state index contributed by atoms with van der Waals surface area (Å²) >= 11 is 1.58. The fourth-order valence-electron chi connectivity index (χ4n) is 1.07. The summed E-state index contributed by atoms with van der Waals surface area (Å²) in [6.45, 7) is 2.17. The largest absolute Gasteiger partial charge is 0.467 e. The molecule has 0 aliphatic heterocycles. The Bertz CT molecular complexity index is 301. The van der Waals surface area contributed by atoms with Gasteiger partial charge in [-0.15, -0.1) is 0 Å². The predicted octanol–water partition coefficient (Wildman–Crippen LogP) is 1.45. The minimum absolute atomic E-state index is 0.279. The molecule has 1 aromatic rings. The third kappa shape index (κ3) is 4.19. The summed E-state index contributed by atoms with van der Waals surface area (Å²) in [5, 5.41) is 0.635. The van der Waals surface area contributed by atoms with Crippen LogP contribution in [0.4, 0.5) is 5.95 Å². The van der Waals surface area contributed by atoms with Crippen molar-refractivity contribution < 1.29 is 4.74 Å². The number of ether oxygens (including phenoxy) is 1. The lowest BCUT2D eigenvalue weighted by molar-refractivity contribution is 0.373. The zero-order valence-corrected chi connectivity index (χ0v) is 10.4. The van der Waals surface area contributed by atoms with Gasteiger partial charge in [-0.2, -0.15) is 15.0 Å². The SMILES string of the molecule is CCCCCSc1nc(NN)nc(OC)n1. The van der Waals surface area contributed by atoms with Crippen molar-refractivity contribution in [1.82, 2.24) is 15.0 Å². The number of hydrazine groups is 1. The van der Waals surface area contributed by atoms with Crippen LogP contribution in [0.2, 0.25) is 0 Å². The van der Waals surface area contributed by atoms with Gasteiger partial charge in [0.2, 0.25) is 5.95 Å². The molecule has 0 radical (unpaired) electrons. The molecule has 0 unspecified atom stereocenters. The van der Waals surface area contributed by atoms with E-state index in [9.17, 15) is 0 Å². The molecule has 1 heterocycles. The van der Waals surface area contributed by atoms with Gasteiger partial charge >= 0.3 is 6.01 Å². The fraction of sp³-hybridized carbons (Fsp3) is 0.667. The van der Waals surface area contributed by atoms with Gasteiger partial charge in [-0.1, -0.05) is 31.5 Å². The van der Waals surface area contributed by atoms with E-state index in [0.29, 0.717) is 11.1 Å². The van der Waals surface area contributed by atoms with E-state index in [1.54, 1.807) is 11.8 Å². The maximum absolute atomic E-state index is 5.25. The average Bonchev–Trinajstić information content (AvgIpc) is 2.34. The second-order valence-corrected chi connectivity index (χ2v) is 4.19. The van der Waals surface area contributed by atoms with Crippen molar-refractivity contribution in [3.05, 3.63) is 0 Å². The molecule has 0 fully saturated rings. The number of nitrogens with two attached hydrogens (primary N) is 1. The van der Waals surface area contributed by atoms with Gasteiger partial charge in [0.05, 0.1) is 7.11 Å². The number of hydrogen-bond donors (Lipinski definition) is 2. The van der Waals surface area contributed by atoms with E-state index >= 15 is 0 Å². The maximum Gasteiger partial charge on any atom is 0.321 e. The Morgan fingerprint density at radius 1 is 1.31 bits per heavy atom. The van der Waals surface area contributed by atoms with Crippen molar-refractivity contribution in [3.63, 3.8) is 0 Å². The smallest absolute Gasteiger partial charge is 0.321 e. The van der Waals surface area contributed by atoms with Crippen LogP contribution in [-0.2, 0) is 0 Å². The van der Waals surface area contributed by atoms with E-state index in [2.05, 4.69) is 27.3 Å². The Balaban J connectivity index is 2.57. The van der Waals surface area contributed by atoms with E-state index in [0.717, 1.165) is 12.2 Å². The van der Waals surface area contributed by atoms with Gasteiger partial charge in [0.1, 0.15) is 0 Å². The van der Waals surface area contributed by atoms with Crippen molar-refractivity contribution in [1.29, 1.82) is 0 Å². The first kappa shape index (κ1) is 13.0. The molecule has 0 saturated heterocycles. The number of aromatic nitrogens is 3. The number of nitrogen functional groups attached to an aromatic ring is 1. The molecule has 0 amide bonds. The van der Waals surface area contributed by atoms with Crippen LogP contribution < -0.4 is 16.0 Å². The maximum atomic E-state index is 5.25. The summed E-state index contributed by atoms with van der Waals surface area (Å²) in [7, 11) is 1.52. The van der Waals surface area contributed by atoms with Crippen LogP contribution in [-0.4, -0.2) is 27.8 Å². The summed E-state index contributed by atoms with van der Waals surface area (Å²) in [5.74, 6) is 6.57. The Hall–Kier alpha value is -1.08. The second kappa shape index (κ2) is 7.24. The third-order valence-electron chi connectivity index (χ3n) is 1.89. The molecule has 0 atom stereocenters. The molecule has 6 nitrogen and oxygen atoms in total. The van der Waals surface area contributed by atoms with Gasteiger partial charge in [0.15, 0.2) is 5.16 Å². The molecule has 3 N–H and O–H groups in total. The molecule has 16 heavy (non-hydrogen) atoms. The molecule has 0 spiro atoms. The van der Waals surface area contributed by atoms with Gasteiger partial charge in [-0.25, -0.2) is 5.84 Å². The molecule has 7 heteroatoms. The summed E-state index contributed by atoms with van der Waals surface area (Å²) in [6, 6.07) is 0.279. The highest BCUT2D eigenvalue weighted by Gasteiger charge is 2.05. The number of methoxy groups -OCH3 is 1. The number of hydrogen-bond acceptors (Lipinski definition) is 7. The van der Waals surface area contributed by atoms with Crippen molar-refractivity contribution in [2.45, 2.75) is 31.3 Å². The molecular weight excluding hydrogens is 226 g/mol. The molecule has 0 saturated carbocycles. The normalized spacial score (nSPS) is 10.2. The standard InChI is InChI=1S/C9H17N5OS/c1-3-4-5-6-16-9-12-7(14-10)11-8(13-9)15-2/h3-6,10H2,1-2H3,(H,11,12,13,14). The molecule has 1 rings (SSSR count). The van der Waals surface area contributed by atoms with Crippen molar-refractivity contribution in [3.8, 4) is 6.01 Å². The van der Waals surface area contributed by atoms with E-state index in [1.165, 1.54) is 20.0 Å². The van der Waals surface area contributed by atoms with Gasteiger partial charge in [0, 0.05) is 5.75 Å². The monoisotopic (exact) mass is 243 g/mol. The first-order chi connectivity index (χ1) is 7.80. The summed E-state index contributed by atoms with van der Waals surface area (Å²) in [5.41, 5.74) is 2.39. The quantitative estimate of drug-likeness (QED) is 0.324. The third-order valence-corrected chi connectivity index (χ3v) is 2.82. The van der Waals surface area contributed by atoms with E-state index in [-0.39, 0.29) is 6.01 Å². The molecule has 0 aliphatic rings. The highest BCUT2D eigenvalue weighted by atomic mass is 32.2. The van der Waals surface area contributed by atoms with Crippen LogP contribution in [0.1, 0.15) is 26.2 Å². The Morgan fingerprint density at radius 2 is 2.12 bits per heavy atom. The van der Waals surface area contributed by atoms with Gasteiger partial charge < -0.3 is 4.74 Å². The topological polar surface area (TPSA) is 86.0 Å². The van der Waals surface area contributed by atoms with Crippen LogP contribution in [0.15, 0.2) is 5.16 Å². The number of thioether (sulfide) groups is 1. The summed E-state index contributed by atoms with van der Waals surface area (Å²) in [4.78, 5) is 12.2. The molecule has 1 aromatic heterocycles. The average molecular weight is 243 g/mol. The molecule has 0 bridgehead atoms. The first-order valence-electron chi connectivity index (χ1n) is 5.19. The number of nitrogens with zero attached hydrogens (tertiary/aromatic N) is 3. The van der Waals surface area contributed by atoms with Crippen LogP contribution in [0.3, 0.4) is 0 Å². The van der Waals surface area contributed by atoms with Gasteiger partial charge in [-0.05, 0) is 6.42 Å². The van der Waals surface area contributed by atoms with Crippen LogP contribution in [0, 0.1) is 0 Å². The van der Waals surface area contributed by atoms with Gasteiger partial charge in [-0.3, -0.25) is 5.43 Å². The lowest BCUT2D eigenvalue weighted by Crippen LogP contribution is -2.12. The van der Waals surface area contributed by atoms with Crippen LogP contribution in [0.5, 0.6) is 6.01 Å². The van der Waals surface area contributed by atoms with Crippen LogP contribution in [0.25, 0.3) is 0 Å². The summed E-state index contributed by atoms with van der Waals surface area (Å²) in [6.07, 6.45) is 3.58. The molecular formula is C9H17N5OS. The minimum Gasteiger partial charge on any atom is -0.467 e. The van der Waals surface area contributed by atoms with Crippen molar-refractivity contribution in [2.75, 3.05) is 18.3 Å². The Kier molecular flexibility index (Phi) is 5.87. The van der Waals surface area contributed by atoms with Crippen molar-refractivity contribution >= 4 is 17.7 Å². The number of rotatable bonds is 7. The zero-order chi connectivity index (χ0) is 11.8. The van der Waals surface area contributed by atoms with E-state index < -0.39 is 0 Å². The number of unbranched alkanes of at least 4 members (excludes halogenated alkanes) is 2. The molecule has 0 aliphatic carbocycles. The Morgan fingerprint density at radius 3 is 2.75 bits per heavy atom. The number of anilines is 1. The fourth-order valence-corrected chi connectivity index (χ4v) is 1.90. The summed E-state index contributed by atoms with van der Waals surface area (Å²) < 4.78 is 4.95. The van der Waals surface area contributed by atoms with E-state index in [1.807, 2.05) is 0 Å². The lowest BCUT2D eigenvalue weighted by atomic mass is 10.3. The predicted molar refractivity (Wildman–Crippen MR) is 64.4 cm³/mol. The molecule has 90 valence electrons. The van der Waals surface area contributed by atoms with Crippen LogP contribution >= 0.6 is 11.8 Å². The highest BCUT2D eigenvalue weighted by molar-refractivity contribution is 7.99. The first-order valence-corrected chi connectivity index (χ1v) is 6.18. The molecule has 0 aromatic carbocycles. The van der Waals surface area contributed by atoms with Gasteiger partial charge in [0.25, 0.3) is 0 Å². The van der Waals surface area contributed by atoms with Crippen molar-refractivity contribution in [2.24, 2.45) is 5.84 Å². The highest BCUT2D eigenvalue weighted by Crippen LogP contribution is 2.18. The zero-order valence-electron chi connectivity index (χ0n) is 9.56. The van der Waals surface area contributed by atoms with E-state index in [4.69, 9.17) is 10.6 Å². The lowest BCUT2D eigenvalue weighted by Gasteiger charge is -2.04. The second-order valence-electron chi connectivity index (χ2n) is 3.13.